The predicted molar refractivity (Wildman–Crippen MR) is 83.3 cm³/mol. The average molecular weight is 264 g/mol. The van der Waals surface area contributed by atoms with Crippen LogP contribution in [0.15, 0.2) is 23.3 Å². The molecule has 0 bridgehead atoms. The van der Waals surface area contributed by atoms with Gasteiger partial charge in [0.25, 0.3) is 0 Å². The van der Waals surface area contributed by atoms with Crippen LogP contribution in [0.4, 0.5) is 0 Å². The summed E-state index contributed by atoms with van der Waals surface area (Å²) in [6.45, 7) is 14.8. The summed E-state index contributed by atoms with van der Waals surface area (Å²) >= 11 is 0. The summed E-state index contributed by atoms with van der Waals surface area (Å²) < 4.78 is 12.1. The summed E-state index contributed by atoms with van der Waals surface area (Å²) in [6.07, 6.45) is 7.55. The summed E-state index contributed by atoms with van der Waals surface area (Å²) in [5.74, 6) is 0. The van der Waals surface area contributed by atoms with Gasteiger partial charge in [-0.25, -0.2) is 0 Å². The van der Waals surface area contributed by atoms with Crippen LogP contribution >= 0.6 is 0 Å². The van der Waals surface area contributed by atoms with E-state index < -0.39 is 0 Å². The Labute approximate surface area is 119 Å². The molecule has 0 aliphatic carbocycles. The van der Waals surface area contributed by atoms with Gasteiger partial charge in [0.05, 0.1) is 11.2 Å². The van der Waals surface area contributed by atoms with E-state index in [0.717, 1.165) is 19.2 Å². The fraction of sp³-hybridized carbons (Fsp3) is 0.750. The first-order chi connectivity index (χ1) is 8.68. The third kappa shape index (κ3) is 4.50. The van der Waals surface area contributed by atoms with E-state index in [0.29, 0.717) is 0 Å². The molecule has 108 valence electrons. The van der Waals surface area contributed by atoms with Crippen molar-refractivity contribution in [3.8, 4) is 0 Å². The highest BCUT2D eigenvalue weighted by molar-refractivity contribution is 6.46. The quantitative estimate of drug-likeness (QED) is 0.526. The van der Waals surface area contributed by atoms with E-state index in [1.165, 1.54) is 11.1 Å². The first kappa shape index (κ1) is 16.5. The highest BCUT2D eigenvalue weighted by atomic mass is 16.7. The fourth-order valence-electron chi connectivity index (χ4n) is 2.17. The lowest BCUT2D eigenvalue weighted by Crippen LogP contribution is -2.41. The predicted octanol–water partition coefficient (Wildman–Crippen LogP) is 4.77. The van der Waals surface area contributed by atoms with Gasteiger partial charge in [-0.2, -0.15) is 0 Å². The SMILES string of the molecule is C/C=C(/CCC=C(C)C)CB1OC(C)(C)C(C)(C)O1. The summed E-state index contributed by atoms with van der Waals surface area (Å²) in [5, 5.41) is 0. The standard InChI is InChI=1S/C16H29BO2/c1-8-14(11-9-10-13(2)3)12-17-18-15(4,5)16(6,7)19-17/h8,10H,9,11-12H2,1-7H3/b14-8-. The van der Waals surface area contributed by atoms with E-state index in [4.69, 9.17) is 9.31 Å². The van der Waals surface area contributed by atoms with Crippen LogP contribution in [-0.4, -0.2) is 18.3 Å². The maximum Gasteiger partial charge on any atom is 0.462 e. The second-order valence-electron chi connectivity index (χ2n) is 6.66. The Bertz CT molecular complexity index is 347. The van der Waals surface area contributed by atoms with Gasteiger partial charge in [0.15, 0.2) is 0 Å². The lowest BCUT2D eigenvalue weighted by molar-refractivity contribution is 0.00578. The minimum Gasteiger partial charge on any atom is -0.403 e. The van der Waals surface area contributed by atoms with Gasteiger partial charge in [0, 0.05) is 6.32 Å². The van der Waals surface area contributed by atoms with Gasteiger partial charge in [0.1, 0.15) is 0 Å². The van der Waals surface area contributed by atoms with E-state index in [1.807, 2.05) is 0 Å². The zero-order valence-corrected chi connectivity index (χ0v) is 13.7. The monoisotopic (exact) mass is 264 g/mol. The molecule has 0 atom stereocenters. The van der Waals surface area contributed by atoms with Crippen LogP contribution in [0, 0.1) is 0 Å². The topological polar surface area (TPSA) is 18.5 Å². The van der Waals surface area contributed by atoms with Crippen molar-refractivity contribution in [1.82, 2.24) is 0 Å². The summed E-state index contributed by atoms with van der Waals surface area (Å²) in [4.78, 5) is 0. The molecule has 1 aliphatic heterocycles. The lowest BCUT2D eigenvalue weighted by atomic mass is 9.79. The fourth-order valence-corrected chi connectivity index (χ4v) is 2.17. The summed E-state index contributed by atoms with van der Waals surface area (Å²) in [5.41, 5.74) is 2.34. The van der Waals surface area contributed by atoms with Crippen molar-refractivity contribution in [1.29, 1.82) is 0 Å². The van der Waals surface area contributed by atoms with Crippen LogP contribution in [0.5, 0.6) is 0 Å². The molecule has 0 spiro atoms. The van der Waals surface area contributed by atoms with Crippen molar-refractivity contribution >= 4 is 7.12 Å². The molecule has 2 nitrogen and oxygen atoms in total. The van der Waals surface area contributed by atoms with Gasteiger partial charge >= 0.3 is 7.12 Å². The van der Waals surface area contributed by atoms with E-state index in [-0.39, 0.29) is 18.3 Å². The molecule has 1 saturated heterocycles. The number of rotatable bonds is 5. The van der Waals surface area contributed by atoms with Crippen molar-refractivity contribution in [3.63, 3.8) is 0 Å². The molecule has 0 unspecified atom stereocenters. The molecular weight excluding hydrogens is 235 g/mol. The second-order valence-corrected chi connectivity index (χ2v) is 6.66. The molecule has 0 aromatic heterocycles. The summed E-state index contributed by atoms with van der Waals surface area (Å²) in [6, 6.07) is 0. The Kier molecular flexibility index (Phi) is 5.46. The number of hydrogen-bond acceptors (Lipinski definition) is 2. The molecule has 0 amide bonds. The lowest BCUT2D eigenvalue weighted by Gasteiger charge is -2.32. The molecule has 1 rings (SSSR count). The Morgan fingerprint density at radius 1 is 1.05 bits per heavy atom. The highest BCUT2D eigenvalue weighted by Gasteiger charge is 2.50. The van der Waals surface area contributed by atoms with Crippen LogP contribution in [0.3, 0.4) is 0 Å². The van der Waals surface area contributed by atoms with Gasteiger partial charge in [-0.15, -0.1) is 0 Å². The highest BCUT2D eigenvalue weighted by Crippen LogP contribution is 2.38. The van der Waals surface area contributed by atoms with Crippen molar-refractivity contribution in [2.45, 2.75) is 78.8 Å². The Morgan fingerprint density at radius 3 is 2.00 bits per heavy atom. The van der Waals surface area contributed by atoms with Crippen molar-refractivity contribution in [2.75, 3.05) is 0 Å². The molecule has 0 saturated carbocycles. The van der Waals surface area contributed by atoms with E-state index in [9.17, 15) is 0 Å². The minimum atomic E-state index is -0.226. The largest absolute Gasteiger partial charge is 0.462 e. The molecule has 0 radical (unpaired) electrons. The van der Waals surface area contributed by atoms with Gasteiger partial charge in [-0.1, -0.05) is 23.3 Å². The average Bonchev–Trinajstić information content (AvgIpc) is 2.45. The second kappa shape index (κ2) is 6.28. The van der Waals surface area contributed by atoms with E-state index >= 15 is 0 Å². The molecule has 1 heterocycles. The van der Waals surface area contributed by atoms with Gasteiger partial charge in [-0.3, -0.25) is 0 Å². The zero-order chi connectivity index (χ0) is 14.7. The van der Waals surface area contributed by atoms with Crippen LogP contribution in [0.2, 0.25) is 6.32 Å². The van der Waals surface area contributed by atoms with E-state index in [1.54, 1.807) is 0 Å². The first-order valence-electron chi connectivity index (χ1n) is 7.31. The zero-order valence-electron chi connectivity index (χ0n) is 13.7. The first-order valence-corrected chi connectivity index (χ1v) is 7.31. The normalized spacial score (nSPS) is 21.6. The Hall–Kier alpha value is -0.535. The number of hydrogen-bond donors (Lipinski definition) is 0. The van der Waals surface area contributed by atoms with Crippen molar-refractivity contribution < 1.29 is 9.31 Å². The third-order valence-electron chi connectivity index (χ3n) is 4.16. The molecule has 1 aliphatic rings. The molecule has 0 N–H and O–H groups in total. The van der Waals surface area contributed by atoms with Crippen molar-refractivity contribution in [3.05, 3.63) is 23.3 Å². The molecule has 3 heteroatoms. The van der Waals surface area contributed by atoms with Crippen molar-refractivity contribution in [2.24, 2.45) is 0 Å². The molecule has 0 aromatic rings. The van der Waals surface area contributed by atoms with Crippen LogP contribution in [0.1, 0.15) is 61.3 Å². The minimum absolute atomic E-state index is 0.108. The number of allylic oxidation sites excluding steroid dienone is 4. The van der Waals surface area contributed by atoms with Gasteiger partial charge in [-0.05, 0) is 61.3 Å². The van der Waals surface area contributed by atoms with Crippen LogP contribution < -0.4 is 0 Å². The van der Waals surface area contributed by atoms with E-state index in [2.05, 4.69) is 60.6 Å². The molecular formula is C16H29BO2. The third-order valence-corrected chi connectivity index (χ3v) is 4.16. The Balaban J connectivity index is 2.53. The Morgan fingerprint density at radius 2 is 1.58 bits per heavy atom. The van der Waals surface area contributed by atoms with Crippen LogP contribution in [0.25, 0.3) is 0 Å². The van der Waals surface area contributed by atoms with Gasteiger partial charge < -0.3 is 9.31 Å². The molecule has 19 heavy (non-hydrogen) atoms. The maximum atomic E-state index is 6.05. The van der Waals surface area contributed by atoms with Gasteiger partial charge in [0.2, 0.25) is 0 Å². The molecule has 1 fully saturated rings. The summed E-state index contributed by atoms with van der Waals surface area (Å²) in [7, 11) is -0.108. The smallest absolute Gasteiger partial charge is 0.403 e. The van der Waals surface area contributed by atoms with Crippen LogP contribution in [-0.2, 0) is 9.31 Å². The molecule has 0 aromatic carbocycles. The maximum absolute atomic E-state index is 6.05.